The summed E-state index contributed by atoms with van der Waals surface area (Å²) in [6.07, 6.45) is 1.67. The summed E-state index contributed by atoms with van der Waals surface area (Å²) in [5.41, 5.74) is 2.85. The SMILES string of the molecule is COc1nsc(N2CCC3(CCN(C[C@H](O)c4ccc5c(c4C)COC5=O)CC3)C2=O)n1. The number of amides is 1. The molecule has 1 aromatic carbocycles. The van der Waals surface area contributed by atoms with E-state index in [2.05, 4.69) is 14.3 Å². The van der Waals surface area contributed by atoms with E-state index >= 15 is 0 Å². The van der Waals surface area contributed by atoms with Gasteiger partial charge in [-0.3, -0.25) is 9.69 Å². The lowest BCUT2D eigenvalue weighted by Gasteiger charge is -2.38. The number of methoxy groups -OCH3 is 1. The summed E-state index contributed by atoms with van der Waals surface area (Å²) in [7, 11) is 1.51. The quantitative estimate of drug-likeness (QED) is 0.679. The highest BCUT2D eigenvalue weighted by Gasteiger charge is 2.49. The molecule has 0 radical (unpaired) electrons. The number of rotatable bonds is 5. The Morgan fingerprint density at radius 1 is 1.25 bits per heavy atom. The van der Waals surface area contributed by atoms with Crippen LogP contribution in [-0.4, -0.2) is 64.5 Å². The standard InChI is InChI=1S/C22H26N4O5S/c1-13-14(3-4-15-16(13)12-31-18(15)28)17(27)11-25-8-5-22(6-9-25)7-10-26(19(22)29)21-23-20(30-2)24-32-21/h3-4,17,27H,5-12H2,1-2H3/t17-/m0/s1. The van der Waals surface area contributed by atoms with Crippen LogP contribution >= 0.6 is 11.5 Å². The molecular formula is C22H26N4O5S. The van der Waals surface area contributed by atoms with Crippen LogP contribution in [0.4, 0.5) is 5.13 Å². The number of hydrogen-bond acceptors (Lipinski definition) is 9. The normalized spacial score (nSPS) is 21.2. The maximum Gasteiger partial charge on any atom is 0.338 e. The lowest BCUT2D eigenvalue weighted by molar-refractivity contribution is -0.128. The smallest absolute Gasteiger partial charge is 0.338 e. The van der Waals surface area contributed by atoms with E-state index < -0.39 is 6.10 Å². The molecule has 2 aromatic rings. The summed E-state index contributed by atoms with van der Waals surface area (Å²) in [4.78, 5) is 33.2. The number of benzene rings is 1. The molecule has 1 spiro atoms. The summed E-state index contributed by atoms with van der Waals surface area (Å²) >= 11 is 1.18. The number of ether oxygens (including phenoxy) is 2. The summed E-state index contributed by atoms with van der Waals surface area (Å²) in [6.45, 7) is 4.85. The molecule has 1 atom stereocenters. The number of aromatic nitrogens is 2. The monoisotopic (exact) mass is 458 g/mol. The van der Waals surface area contributed by atoms with Gasteiger partial charge in [-0.05, 0) is 56.5 Å². The third-order valence-corrected chi connectivity index (χ3v) is 7.86. The first-order valence-corrected chi connectivity index (χ1v) is 11.6. The molecule has 170 valence electrons. The van der Waals surface area contributed by atoms with Crippen molar-refractivity contribution in [3.8, 4) is 6.01 Å². The number of anilines is 1. The minimum Gasteiger partial charge on any atom is -0.466 e. The van der Waals surface area contributed by atoms with Crippen molar-refractivity contribution in [2.24, 2.45) is 5.41 Å². The van der Waals surface area contributed by atoms with Crippen molar-refractivity contribution in [2.75, 3.05) is 38.2 Å². The Morgan fingerprint density at radius 2 is 2.00 bits per heavy atom. The number of hydrogen-bond donors (Lipinski definition) is 1. The van der Waals surface area contributed by atoms with Crippen LogP contribution in [0.15, 0.2) is 12.1 Å². The van der Waals surface area contributed by atoms with Gasteiger partial charge in [0.1, 0.15) is 6.61 Å². The molecular weight excluding hydrogens is 432 g/mol. The number of carbonyl (C=O) groups excluding carboxylic acids is 2. The number of fused-ring (bicyclic) bond motifs is 1. The predicted octanol–water partition coefficient (Wildman–Crippen LogP) is 2.08. The molecule has 2 fully saturated rings. The molecule has 3 aliphatic rings. The van der Waals surface area contributed by atoms with Crippen molar-refractivity contribution in [3.63, 3.8) is 0 Å². The molecule has 4 heterocycles. The highest BCUT2D eigenvalue weighted by molar-refractivity contribution is 7.10. The number of esters is 1. The topological polar surface area (TPSA) is 105 Å². The van der Waals surface area contributed by atoms with Crippen molar-refractivity contribution < 1.29 is 24.2 Å². The second kappa shape index (κ2) is 8.09. The van der Waals surface area contributed by atoms with Crippen LogP contribution in [0.3, 0.4) is 0 Å². The van der Waals surface area contributed by atoms with Gasteiger partial charge < -0.3 is 19.5 Å². The van der Waals surface area contributed by atoms with Crippen LogP contribution < -0.4 is 9.64 Å². The van der Waals surface area contributed by atoms with Gasteiger partial charge in [-0.1, -0.05) is 6.07 Å². The number of aliphatic hydroxyl groups is 1. The van der Waals surface area contributed by atoms with Crippen molar-refractivity contribution >= 4 is 28.5 Å². The molecule has 0 aliphatic carbocycles. The molecule has 1 N–H and O–H groups in total. The van der Waals surface area contributed by atoms with E-state index in [0.717, 1.165) is 49.0 Å². The Hall–Kier alpha value is -2.56. The maximum atomic E-state index is 13.2. The first kappa shape index (κ1) is 21.3. The van der Waals surface area contributed by atoms with Gasteiger partial charge in [-0.15, -0.1) is 4.37 Å². The number of piperidine rings is 1. The number of aliphatic hydroxyl groups excluding tert-OH is 1. The molecule has 3 aliphatic heterocycles. The molecule has 1 aromatic heterocycles. The average molecular weight is 459 g/mol. The van der Waals surface area contributed by atoms with E-state index in [1.165, 1.54) is 18.6 Å². The predicted molar refractivity (Wildman–Crippen MR) is 117 cm³/mol. The Balaban J connectivity index is 1.22. The van der Waals surface area contributed by atoms with E-state index in [0.29, 0.717) is 29.8 Å². The van der Waals surface area contributed by atoms with Crippen molar-refractivity contribution in [3.05, 3.63) is 34.4 Å². The van der Waals surface area contributed by atoms with Gasteiger partial charge in [0.25, 0.3) is 0 Å². The number of β-amino-alcohol motifs (C(OH)–C–C–N with tert-alkyl or cyclic N) is 1. The first-order valence-electron chi connectivity index (χ1n) is 10.8. The second-order valence-corrected chi connectivity index (χ2v) is 9.48. The van der Waals surface area contributed by atoms with Crippen LogP contribution in [0.25, 0.3) is 0 Å². The Labute approximate surface area is 190 Å². The van der Waals surface area contributed by atoms with E-state index in [4.69, 9.17) is 9.47 Å². The van der Waals surface area contributed by atoms with E-state index in [1.54, 1.807) is 11.0 Å². The third kappa shape index (κ3) is 3.46. The Morgan fingerprint density at radius 3 is 2.72 bits per heavy atom. The van der Waals surface area contributed by atoms with Gasteiger partial charge in [-0.2, -0.15) is 4.98 Å². The van der Waals surface area contributed by atoms with Gasteiger partial charge in [0.15, 0.2) is 0 Å². The molecule has 0 saturated carbocycles. The van der Waals surface area contributed by atoms with Gasteiger partial charge in [-0.25, -0.2) is 4.79 Å². The van der Waals surface area contributed by atoms with Crippen molar-refractivity contribution in [1.82, 2.24) is 14.3 Å². The average Bonchev–Trinajstić information content (AvgIpc) is 3.49. The fraction of sp³-hybridized carbons (Fsp3) is 0.545. The van der Waals surface area contributed by atoms with Gasteiger partial charge in [0, 0.05) is 30.2 Å². The number of likely N-dealkylation sites (tertiary alicyclic amines) is 1. The minimum absolute atomic E-state index is 0.121. The zero-order chi connectivity index (χ0) is 22.5. The second-order valence-electron chi connectivity index (χ2n) is 8.75. The van der Waals surface area contributed by atoms with Crippen LogP contribution in [-0.2, 0) is 16.1 Å². The largest absolute Gasteiger partial charge is 0.466 e. The molecule has 9 nitrogen and oxygen atoms in total. The zero-order valence-electron chi connectivity index (χ0n) is 18.2. The van der Waals surface area contributed by atoms with Gasteiger partial charge in [0.2, 0.25) is 11.0 Å². The van der Waals surface area contributed by atoms with Crippen molar-refractivity contribution in [2.45, 2.75) is 38.9 Å². The summed E-state index contributed by atoms with van der Waals surface area (Å²) in [6, 6.07) is 3.86. The van der Waals surface area contributed by atoms with E-state index in [1.807, 2.05) is 13.0 Å². The maximum absolute atomic E-state index is 13.2. The Bertz CT molecular complexity index is 1060. The first-order chi connectivity index (χ1) is 15.4. The molecule has 0 bridgehead atoms. The third-order valence-electron chi connectivity index (χ3n) is 7.13. The van der Waals surface area contributed by atoms with E-state index in [-0.39, 0.29) is 23.9 Å². The fourth-order valence-electron chi connectivity index (χ4n) is 5.10. The summed E-state index contributed by atoms with van der Waals surface area (Å²) < 4.78 is 14.3. The summed E-state index contributed by atoms with van der Waals surface area (Å²) in [5.74, 6) is -0.177. The molecule has 2 saturated heterocycles. The lowest BCUT2D eigenvalue weighted by Crippen LogP contribution is -2.45. The lowest BCUT2D eigenvalue weighted by atomic mass is 9.77. The van der Waals surface area contributed by atoms with Crippen LogP contribution in [0.5, 0.6) is 6.01 Å². The highest BCUT2D eigenvalue weighted by atomic mass is 32.1. The summed E-state index contributed by atoms with van der Waals surface area (Å²) in [5, 5.41) is 11.5. The van der Waals surface area contributed by atoms with Crippen molar-refractivity contribution in [1.29, 1.82) is 0 Å². The van der Waals surface area contributed by atoms with E-state index in [9.17, 15) is 14.7 Å². The highest BCUT2D eigenvalue weighted by Crippen LogP contribution is 2.44. The zero-order valence-corrected chi connectivity index (χ0v) is 19.0. The van der Waals surface area contributed by atoms with Crippen LogP contribution in [0.2, 0.25) is 0 Å². The number of cyclic esters (lactones) is 1. The number of nitrogens with zero attached hydrogens (tertiary/aromatic N) is 4. The van der Waals surface area contributed by atoms with Gasteiger partial charge >= 0.3 is 12.0 Å². The fourth-order valence-corrected chi connectivity index (χ4v) is 5.76. The Kier molecular flexibility index (Phi) is 5.39. The number of carbonyl (C=O) groups is 2. The van der Waals surface area contributed by atoms with Crippen LogP contribution in [0, 0.1) is 12.3 Å². The molecule has 10 heteroatoms. The molecule has 5 rings (SSSR count). The molecule has 1 amide bonds. The molecule has 0 unspecified atom stereocenters. The van der Waals surface area contributed by atoms with Crippen LogP contribution in [0.1, 0.15) is 52.4 Å². The minimum atomic E-state index is -0.658. The molecule has 32 heavy (non-hydrogen) atoms. The van der Waals surface area contributed by atoms with Gasteiger partial charge in [0.05, 0.1) is 24.2 Å².